The Morgan fingerprint density at radius 1 is 1.10 bits per heavy atom. The monoisotopic (exact) mass is 270 g/mol. The van der Waals surface area contributed by atoms with Crippen LogP contribution >= 0.6 is 0 Å². The van der Waals surface area contributed by atoms with Gasteiger partial charge in [0.2, 0.25) is 0 Å². The van der Waals surface area contributed by atoms with Crippen LogP contribution in [-0.2, 0) is 6.61 Å². The number of aryl methyl sites for hydroxylation is 3. The first-order valence-corrected chi connectivity index (χ1v) is 6.99. The van der Waals surface area contributed by atoms with Crippen LogP contribution in [-0.4, -0.2) is 11.5 Å². The average molecular weight is 270 g/mol. The van der Waals surface area contributed by atoms with Crippen LogP contribution in [0.25, 0.3) is 0 Å². The fraction of sp³-hybridized carbons (Fsp3) is 0.353. The fourth-order valence-electron chi connectivity index (χ4n) is 2.41. The molecule has 0 bridgehead atoms. The lowest BCUT2D eigenvalue weighted by Gasteiger charge is -2.13. The van der Waals surface area contributed by atoms with Gasteiger partial charge in [-0.15, -0.1) is 0 Å². The van der Waals surface area contributed by atoms with Crippen LogP contribution in [0, 0.1) is 20.8 Å². The Morgan fingerprint density at radius 3 is 2.45 bits per heavy atom. The zero-order valence-electron chi connectivity index (χ0n) is 12.7. The summed E-state index contributed by atoms with van der Waals surface area (Å²) in [4.78, 5) is 4.35. The van der Waals surface area contributed by atoms with Crippen molar-refractivity contribution in [3.63, 3.8) is 0 Å². The summed E-state index contributed by atoms with van der Waals surface area (Å²) in [6, 6.07) is 8.29. The van der Waals surface area contributed by atoms with Crippen molar-refractivity contribution in [2.45, 2.75) is 34.3 Å². The van der Waals surface area contributed by atoms with Crippen molar-refractivity contribution in [2.24, 2.45) is 0 Å². The van der Waals surface area contributed by atoms with Gasteiger partial charge in [0.1, 0.15) is 12.4 Å². The molecule has 0 radical (unpaired) electrons. The van der Waals surface area contributed by atoms with Gasteiger partial charge in [0.15, 0.2) is 0 Å². The van der Waals surface area contributed by atoms with E-state index in [2.05, 4.69) is 50.1 Å². The molecule has 0 saturated heterocycles. The zero-order valence-corrected chi connectivity index (χ0v) is 12.7. The summed E-state index contributed by atoms with van der Waals surface area (Å²) >= 11 is 0. The van der Waals surface area contributed by atoms with Gasteiger partial charge in [-0.1, -0.05) is 17.7 Å². The molecule has 0 aliphatic rings. The van der Waals surface area contributed by atoms with Crippen LogP contribution in [0.15, 0.2) is 30.5 Å². The third kappa shape index (κ3) is 3.50. The van der Waals surface area contributed by atoms with E-state index in [4.69, 9.17) is 4.74 Å². The number of ether oxygens (including phenoxy) is 1. The molecule has 0 atom stereocenters. The maximum Gasteiger partial charge on any atom is 0.130 e. The van der Waals surface area contributed by atoms with Crippen molar-refractivity contribution in [2.75, 3.05) is 11.9 Å². The normalized spacial score (nSPS) is 10.4. The molecule has 0 amide bonds. The van der Waals surface area contributed by atoms with Gasteiger partial charge in [0, 0.05) is 18.4 Å². The van der Waals surface area contributed by atoms with Gasteiger partial charge in [-0.2, -0.15) is 0 Å². The molecule has 3 heteroatoms. The van der Waals surface area contributed by atoms with E-state index in [1.165, 1.54) is 16.7 Å². The summed E-state index contributed by atoms with van der Waals surface area (Å²) in [7, 11) is 0. The third-order valence-corrected chi connectivity index (χ3v) is 3.17. The van der Waals surface area contributed by atoms with Crippen LogP contribution in [0.5, 0.6) is 5.75 Å². The van der Waals surface area contributed by atoms with E-state index in [-0.39, 0.29) is 0 Å². The quantitative estimate of drug-likeness (QED) is 0.891. The summed E-state index contributed by atoms with van der Waals surface area (Å²) in [6.45, 7) is 9.74. The minimum absolute atomic E-state index is 0.490. The van der Waals surface area contributed by atoms with Gasteiger partial charge < -0.3 is 10.1 Å². The molecule has 0 aliphatic carbocycles. The van der Waals surface area contributed by atoms with E-state index >= 15 is 0 Å². The van der Waals surface area contributed by atoms with Crippen molar-refractivity contribution >= 4 is 5.69 Å². The van der Waals surface area contributed by atoms with Crippen molar-refractivity contribution in [3.05, 3.63) is 52.8 Å². The van der Waals surface area contributed by atoms with Crippen LogP contribution in [0.3, 0.4) is 0 Å². The number of rotatable bonds is 5. The summed E-state index contributed by atoms with van der Waals surface area (Å²) in [5.74, 6) is 0.964. The number of nitrogens with zero attached hydrogens (tertiary/aromatic N) is 1. The number of anilines is 1. The molecule has 1 aromatic heterocycles. The van der Waals surface area contributed by atoms with E-state index in [0.29, 0.717) is 6.61 Å². The topological polar surface area (TPSA) is 34.2 Å². The number of hydrogen-bond donors (Lipinski definition) is 1. The maximum atomic E-state index is 5.95. The smallest absolute Gasteiger partial charge is 0.130 e. The molecule has 20 heavy (non-hydrogen) atoms. The lowest BCUT2D eigenvalue weighted by molar-refractivity contribution is 0.297. The second-order valence-electron chi connectivity index (χ2n) is 5.08. The van der Waals surface area contributed by atoms with Crippen molar-refractivity contribution in [1.82, 2.24) is 4.98 Å². The van der Waals surface area contributed by atoms with Crippen LogP contribution in [0.2, 0.25) is 0 Å². The molecule has 0 saturated carbocycles. The molecule has 106 valence electrons. The number of aromatic nitrogens is 1. The van der Waals surface area contributed by atoms with Crippen molar-refractivity contribution in [1.29, 1.82) is 0 Å². The van der Waals surface area contributed by atoms with E-state index in [0.717, 1.165) is 23.7 Å². The van der Waals surface area contributed by atoms with E-state index < -0.39 is 0 Å². The minimum atomic E-state index is 0.490. The van der Waals surface area contributed by atoms with Gasteiger partial charge in [-0.25, -0.2) is 0 Å². The molecule has 2 aromatic rings. The first kappa shape index (κ1) is 14.4. The predicted molar refractivity (Wildman–Crippen MR) is 83.4 cm³/mol. The average Bonchev–Trinajstić information content (AvgIpc) is 2.38. The van der Waals surface area contributed by atoms with Crippen LogP contribution in [0.4, 0.5) is 5.69 Å². The first-order chi connectivity index (χ1) is 9.60. The molecule has 1 aromatic carbocycles. The number of nitrogens with one attached hydrogen (secondary N) is 1. The summed E-state index contributed by atoms with van der Waals surface area (Å²) in [5.41, 5.74) is 5.62. The maximum absolute atomic E-state index is 5.95. The highest BCUT2D eigenvalue weighted by atomic mass is 16.5. The molecule has 0 unspecified atom stereocenters. The lowest BCUT2D eigenvalue weighted by Crippen LogP contribution is -2.03. The van der Waals surface area contributed by atoms with Gasteiger partial charge in [-0.3, -0.25) is 4.98 Å². The highest BCUT2D eigenvalue weighted by Gasteiger charge is 2.06. The Balaban J connectivity index is 2.11. The van der Waals surface area contributed by atoms with E-state index in [9.17, 15) is 0 Å². The molecule has 0 aliphatic heterocycles. The first-order valence-electron chi connectivity index (χ1n) is 6.99. The van der Waals surface area contributed by atoms with Crippen LogP contribution in [0.1, 0.15) is 29.3 Å². The second-order valence-corrected chi connectivity index (χ2v) is 5.08. The molecule has 0 spiro atoms. The largest absolute Gasteiger partial charge is 0.487 e. The van der Waals surface area contributed by atoms with Gasteiger partial charge in [0.25, 0.3) is 0 Å². The summed E-state index contributed by atoms with van der Waals surface area (Å²) < 4.78 is 5.95. The number of benzene rings is 1. The number of pyridine rings is 1. The van der Waals surface area contributed by atoms with Gasteiger partial charge >= 0.3 is 0 Å². The molecular weight excluding hydrogens is 248 g/mol. The molecule has 0 fully saturated rings. The molecular formula is C17H22N2O. The Bertz CT molecular complexity index is 570. The molecule has 3 nitrogen and oxygen atoms in total. The Morgan fingerprint density at radius 2 is 1.80 bits per heavy atom. The highest BCUT2D eigenvalue weighted by molar-refractivity contribution is 5.44. The fourth-order valence-corrected chi connectivity index (χ4v) is 2.41. The lowest BCUT2D eigenvalue weighted by atomic mass is 10.1. The zero-order chi connectivity index (χ0) is 14.5. The van der Waals surface area contributed by atoms with E-state index in [1.807, 2.05) is 18.3 Å². The highest BCUT2D eigenvalue weighted by Crippen LogP contribution is 2.25. The second kappa shape index (κ2) is 6.42. The Hall–Kier alpha value is -2.03. The minimum Gasteiger partial charge on any atom is -0.487 e. The van der Waals surface area contributed by atoms with Crippen LogP contribution < -0.4 is 10.1 Å². The summed E-state index contributed by atoms with van der Waals surface area (Å²) in [6.07, 6.45) is 1.81. The molecule has 1 heterocycles. The van der Waals surface area contributed by atoms with Crippen molar-refractivity contribution < 1.29 is 4.74 Å². The standard InChI is InChI=1S/C17H22N2O/c1-5-18-15-6-7-19-16(10-15)11-20-17-13(3)8-12(2)9-14(17)4/h6-10H,5,11H2,1-4H3,(H,18,19). The van der Waals surface area contributed by atoms with Crippen molar-refractivity contribution in [3.8, 4) is 5.75 Å². The Kier molecular flexibility index (Phi) is 4.61. The summed E-state index contributed by atoms with van der Waals surface area (Å²) in [5, 5.41) is 3.28. The van der Waals surface area contributed by atoms with Gasteiger partial charge in [-0.05, 0) is 51.0 Å². The van der Waals surface area contributed by atoms with E-state index in [1.54, 1.807) is 0 Å². The Labute approximate surface area is 121 Å². The number of hydrogen-bond acceptors (Lipinski definition) is 3. The third-order valence-electron chi connectivity index (χ3n) is 3.17. The SMILES string of the molecule is CCNc1ccnc(COc2c(C)cc(C)cc2C)c1. The molecule has 2 rings (SSSR count). The molecule has 1 N–H and O–H groups in total. The predicted octanol–water partition coefficient (Wildman–Crippen LogP) is 4.02. The van der Waals surface area contributed by atoms with Gasteiger partial charge in [0.05, 0.1) is 5.69 Å².